The summed E-state index contributed by atoms with van der Waals surface area (Å²) in [6, 6.07) is 8.78. The second-order valence-corrected chi connectivity index (χ2v) is 4.52. The molecule has 0 aliphatic rings. The molecule has 0 aromatic heterocycles. The van der Waals surface area contributed by atoms with E-state index in [-0.39, 0.29) is 17.9 Å². The smallest absolute Gasteiger partial charge is 0.201 e. The molecule has 5 heteroatoms. The van der Waals surface area contributed by atoms with E-state index in [4.69, 9.17) is 4.74 Å². The molecule has 0 saturated heterocycles. The number of rotatable bonds is 5. The van der Waals surface area contributed by atoms with Crippen molar-refractivity contribution in [3.63, 3.8) is 0 Å². The van der Waals surface area contributed by atoms with Crippen molar-refractivity contribution in [2.45, 2.75) is 6.92 Å². The summed E-state index contributed by atoms with van der Waals surface area (Å²) >= 11 is 0. The maximum Gasteiger partial charge on any atom is 0.201 e. The Bertz CT molecular complexity index is 678. The fraction of sp³-hybridized carbons (Fsp3) is 0.176. The largest absolute Gasteiger partial charge is 0.491 e. The molecule has 0 spiro atoms. The fourth-order valence-corrected chi connectivity index (χ4v) is 2.00. The highest BCUT2D eigenvalue weighted by atomic mass is 19.2. The van der Waals surface area contributed by atoms with Gasteiger partial charge in [0.25, 0.3) is 0 Å². The fourth-order valence-electron chi connectivity index (χ4n) is 2.00. The molecule has 2 aromatic rings. The molecule has 0 aliphatic heterocycles. The highest BCUT2D eigenvalue weighted by Gasteiger charge is 2.15. The Balaban J connectivity index is 2.34. The van der Waals surface area contributed by atoms with Gasteiger partial charge in [-0.2, -0.15) is 4.39 Å². The molecule has 0 amide bonds. The van der Waals surface area contributed by atoms with Crippen LogP contribution in [-0.4, -0.2) is 13.3 Å². The van der Waals surface area contributed by atoms with E-state index in [1.807, 2.05) is 0 Å². The van der Waals surface area contributed by atoms with Crippen LogP contribution in [0.3, 0.4) is 0 Å². The highest BCUT2D eigenvalue weighted by Crippen LogP contribution is 2.30. The number of halogens is 4. The predicted molar refractivity (Wildman–Crippen MR) is 78.0 cm³/mol. The van der Waals surface area contributed by atoms with Gasteiger partial charge in [-0.15, -0.1) is 0 Å². The van der Waals surface area contributed by atoms with E-state index in [1.54, 1.807) is 6.92 Å². The van der Waals surface area contributed by atoms with Crippen molar-refractivity contribution in [2.24, 2.45) is 0 Å². The minimum atomic E-state index is -1.18. The van der Waals surface area contributed by atoms with Gasteiger partial charge in [-0.05, 0) is 36.3 Å². The zero-order valence-electron chi connectivity index (χ0n) is 11.9. The van der Waals surface area contributed by atoms with Crippen LogP contribution < -0.4 is 4.74 Å². The Morgan fingerprint density at radius 1 is 1.05 bits per heavy atom. The predicted octanol–water partition coefficient (Wildman–Crippen LogP) is 5.31. The highest BCUT2D eigenvalue weighted by molar-refractivity contribution is 5.67. The molecule has 22 heavy (non-hydrogen) atoms. The Labute approximate surface area is 125 Å². The van der Waals surface area contributed by atoms with Gasteiger partial charge in [-0.1, -0.05) is 24.3 Å². The standard InChI is InChI=1S/C17H14F4O/c1-2-22-15-8-7-14(16(20)17(15)21)12-5-3-11(4-6-12)9-13(19)10-18/h3-9H,2,10H2,1H3/b13-9-. The average molecular weight is 310 g/mol. The summed E-state index contributed by atoms with van der Waals surface area (Å²) in [6.45, 7) is 0.728. The monoisotopic (exact) mass is 310 g/mol. The first-order valence-electron chi connectivity index (χ1n) is 6.70. The van der Waals surface area contributed by atoms with E-state index in [9.17, 15) is 17.6 Å². The van der Waals surface area contributed by atoms with Gasteiger partial charge in [-0.3, -0.25) is 0 Å². The van der Waals surface area contributed by atoms with Crippen molar-refractivity contribution in [3.05, 3.63) is 59.4 Å². The molecule has 0 N–H and O–H groups in total. The Morgan fingerprint density at radius 2 is 1.73 bits per heavy atom. The normalized spacial score (nSPS) is 11.6. The lowest BCUT2D eigenvalue weighted by molar-refractivity contribution is 0.314. The van der Waals surface area contributed by atoms with Crippen LogP contribution in [0.4, 0.5) is 17.6 Å². The maximum atomic E-state index is 14.1. The number of allylic oxidation sites excluding steroid dienone is 1. The third-order valence-corrected chi connectivity index (χ3v) is 3.02. The van der Waals surface area contributed by atoms with Gasteiger partial charge in [0.1, 0.15) is 12.5 Å². The van der Waals surface area contributed by atoms with Crippen LogP contribution in [0, 0.1) is 11.6 Å². The van der Waals surface area contributed by atoms with Crippen LogP contribution in [0.15, 0.2) is 42.2 Å². The molecule has 0 unspecified atom stereocenters. The van der Waals surface area contributed by atoms with Crippen LogP contribution in [0.5, 0.6) is 5.75 Å². The van der Waals surface area contributed by atoms with Gasteiger partial charge >= 0.3 is 0 Å². The first kappa shape index (κ1) is 16.1. The topological polar surface area (TPSA) is 9.23 Å². The molecular formula is C17H14F4O. The van der Waals surface area contributed by atoms with E-state index in [1.165, 1.54) is 36.4 Å². The summed E-state index contributed by atoms with van der Waals surface area (Å²) in [7, 11) is 0. The quantitative estimate of drug-likeness (QED) is 0.680. The second kappa shape index (κ2) is 7.11. The lowest BCUT2D eigenvalue weighted by Gasteiger charge is -2.09. The van der Waals surface area contributed by atoms with Crippen molar-refractivity contribution in [1.82, 2.24) is 0 Å². The lowest BCUT2D eigenvalue weighted by Crippen LogP contribution is -1.98. The van der Waals surface area contributed by atoms with Crippen LogP contribution >= 0.6 is 0 Å². The van der Waals surface area contributed by atoms with Gasteiger partial charge in [-0.25, -0.2) is 13.2 Å². The van der Waals surface area contributed by atoms with Crippen molar-refractivity contribution in [3.8, 4) is 16.9 Å². The van der Waals surface area contributed by atoms with Crippen LogP contribution in [0.1, 0.15) is 12.5 Å². The molecule has 2 rings (SSSR count). The van der Waals surface area contributed by atoms with E-state index in [0.29, 0.717) is 11.1 Å². The summed E-state index contributed by atoms with van der Waals surface area (Å²) in [5, 5.41) is 0. The Hall–Kier alpha value is -2.30. The Kier molecular flexibility index (Phi) is 5.20. The lowest BCUT2D eigenvalue weighted by atomic mass is 10.0. The number of benzene rings is 2. The summed E-state index contributed by atoms with van der Waals surface area (Å²) in [4.78, 5) is 0. The SMILES string of the molecule is CCOc1ccc(-c2ccc(/C=C(\F)CF)cc2)c(F)c1F. The van der Waals surface area contributed by atoms with E-state index >= 15 is 0 Å². The van der Waals surface area contributed by atoms with Gasteiger partial charge in [0.15, 0.2) is 11.6 Å². The zero-order chi connectivity index (χ0) is 16.1. The Morgan fingerprint density at radius 3 is 2.32 bits per heavy atom. The summed E-state index contributed by atoms with van der Waals surface area (Å²) in [5.41, 5.74) is 0.936. The zero-order valence-corrected chi connectivity index (χ0v) is 11.9. The minimum Gasteiger partial charge on any atom is -0.491 e. The van der Waals surface area contributed by atoms with E-state index in [2.05, 4.69) is 0 Å². The van der Waals surface area contributed by atoms with Gasteiger partial charge in [0, 0.05) is 5.56 Å². The molecule has 0 radical (unpaired) electrons. The molecule has 0 aliphatic carbocycles. The third kappa shape index (κ3) is 3.47. The second-order valence-electron chi connectivity index (χ2n) is 4.52. The molecular weight excluding hydrogens is 296 g/mol. The van der Waals surface area contributed by atoms with Gasteiger partial charge in [0.05, 0.1) is 6.61 Å². The number of ether oxygens (including phenoxy) is 1. The van der Waals surface area contributed by atoms with Gasteiger partial charge < -0.3 is 4.74 Å². The van der Waals surface area contributed by atoms with Crippen molar-refractivity contribution >= 4 is 6.08 Å². The van der Waals surface area contributed by atoms with Gasteiger partial charge in [0.2, 0.25) is 5.82 Å². The summed E-state index contributed by atoms with van der Waals surface area (Å²) in [5.74, 6) is -3.10. The van der Waals surface area contributed by atoms with Crippen LogP contribution in [-0.2, 0) is 0 Å². The van der Waals surface area contributed by atoms with E-state index < -0.39 is 24.1 Å². The third-order valence-electron chi connectivity index (χ3n) is 3.02. The molecule has 0 fully saturated rings. The number of hydrogen-bond acceptors (Lipinski definition) is 1. The first-order chi connectivity index (χ1) is 10.6. The molecule has 116 valence electrons. The van der Waals surface area contributed by atoms with Crippen molar-refractivity contribution in [2.75, 3.05) is 13.3 Å². The average Bonchev–Trinajstić information content (AvgIpc) is 2.53. The summed E-state index contributed by atoms with van der Waals surface area (Å²) < 4.78 is 57.8. The minimum absolute atomic E-state index is 0.0717. The van der Waals surface area contributed by atoms with Crippen LogP contribution in [0.25, 0.3) is 17.2 Å². The summed E-state index contributed by atoms with van der Waals surface area (Å²) in [6.07, 6.45) is 1.04. The molecule has 0 saturated carbocycles. The van der Waals surface area contributed by atoms with E-state index in [0.717, 1.165) is 6.08 Å². The first-order valence-corrected chi connectivity index (χ1v) is 6.70. The van der Waals surface area contributed by atoms with Crippen LogP contribution in [0.2, 0.25) is 0 Å². The maximum absolute atomic E-state index is 14.1. The molecule has 0 atom stereocenters. The number of hydrogen-bond donors (Lipinski definition) is 0. The molecule has 1 nitrogen and oxygen atoms in total. The molecule has 2 aromatic carbocycles. The molecule has 0 bridgehead atoms. The number of alkyl halides is 1. The van der Waals surface area contributed by atoms with Crippen molar-refractivity contribution < 1.29 is 22.3 Å². The molecule has 0 heterocycles. The van der Waals surface area contributed by atoms with Crippen molar-refractivity contribution in [1.29, 1.82) is 0 Å².